The molecule has 0 saturated carbocycles. The summed E-state index contributed by atoms with van der Waals surface area (Å²) < 4.78 is 1.06. The molecular weight excluding hydrogens is 326 g/mol. The molecule has 0 bridgehead atoms. The van der Waals surface area contributed by atoms with Crippen LogP contribution in [-0.4, -0.2) is 9.97 Å². The van der Waals surface area contributed by atoms with Gasteiger partial charge in [-0.3, -0.25) is 0 Å². The highest BCUT2D eigenvalue weighted by atomic mass is 79.9. The van der Waals surface area contributed by atoms with Gasteiger partial charge in [-0.2, -0.15) is 0 Å². The Morgan fingerprint density at radius 1 is 1.05 bits per heavy atom. The fourth-order valence-electron chi connectivity index (χ4n) is 2.27. The van der Waals surface area contributed by atoms with E-state index in [4.69, 9.17) is 5.73 Å². The first-order valence-electron chi connectivity index (χ1n) is 6.83. The van der Waals surface area contributed by atoms with Crippen molar-refractivity contribution in [3.8, 4) is 11.3 Å². The average molecular weight is 342 g/mol. The predicted octanol–water partition coefficient (Wildman–Crippen LogP) is 4.08. The smallest absolute Gasteiger partial charge is 0.123 e. The Morgan fingerprint density at radius 2 is 1.76 bits per heavy atom. The number of aromatic amines is 1. The molecule has 0 saturated heterocycles. The van der Waals surface area contributed by atoms with Crippen LogP contribution in [0.25, 0.3) is 11.3 Å². The standard InChI is InChI=1S/C17H16BrN3/c18-14-8-6-13(7-9-14)16-11-20-17(21-16)15(19)10-12-4-2-1-3-5-12/h1-9,11,15H,10,19H2,(H,20,21). The Bertz CT molecular complexity index is 704. The van der Waals surface area contributed by atoms with Crippen molar-refractivity contribution in [3.63, 3.8) is 0 Å². The summed E-state index contributed by atoms with van der Waals surface area (Å²) >= 11 is 3.44. The van der Waals surface area contributed by atoms with Crippen LogP contribution in [0, 0.1) is 0 Å². The van der Waals surface area contributed by atoms with Crippen LogP contribution in [0.4, 0.5) is 0 Å². The Morgan fingerprint density at radius 3 is 2.48 bits per heavy atom. The molecule has 0 fully saturated rings. The molecule has 3 N–H and O–H groups in total. The lowest BCUT2D eigenvalue weighted by Crippen LogP contribution is -2.14. The van der Waals surface area contributed by atoms with E-state index in [-0.39, 0.29) is 6.04 Å². The molecule has 3 aromatic rings. The van der Waals surface area contributed by atoms with E-state index in [1.807, 2.05) is 48.7 Å². The van der Waals surface area contributed by atoms with Gasteiger partial charge in [-0.15, -0.1) is 0 Å². The first kappa shape index (κ1) is 14.0. The van der Waals surface area contributed by atoms with Crippen LogP contribution in [0.1, 0.15) is 17.4 Å². The second-order valence-electron chi connectivity index (χ2n) is 4.99. The maximum Gasteiger partial charge on any atom is 0.123 e. The van der Waals surface area contributed by atoms with Gasteiger partial charge in [-0.05, 0) is 29.7 Å². The zero-order valence-electron chi connectivity index (χ0n) is 11.5. The lowest BCUT2D eigenvalue weighted by Gasteiger charge is -2.08. The molecule has 4 heteroatoms. The number of nitrogens with two attached hydrogens (primary N) is 1. The SMILES string of the molecule is NC(Cc1ccccc1)c1ncc(-c2ccc(Br)cc2)[nH]1. The molecule has 0 radical (unpaired) electrons. The minimum absolute atomic E-state index is 0.128. The molecule has 0 aliphatic heterocycles. The molecule has 0 amide bonds. The molecule has 0 spiro atoms. The summed E-state index contributed by atoms with van der Waals surface area (Å²) in [6.07, 6.45) is 2.61. The van der Waals surface area contributed by atoms with Crippen LogP contribution in [0.2, 0.25) is 0 Å². The summed E-state index contributed by atoms with van der Waals surface area (Å²) in [4.78, 5) is 7.74. The van der Waals surface area contributed by atoms with Crippen molar-refractivity contribution >= 4 is 15.9 Å². The number of rotatable bonds is 4. The van der Waals surface area contributed by atoms with E-state index in [1.165, 1.54) is 5.56 Å². The number of nitrogens with one attached hydrogen (secondary N) is 1. The molecule has 3 nitrogen and oxygen atoms in total. The number of aromatic nitrogens is 2. The Balaban J connectivity index is 1.76. The van der Waals surface area contributed by atoms with Crippen LogP contribution in [0.3, 0.4) is 0 Å². The summed E-state index contributed by atoms with van der Waals surface area (Å²) in [5.74, 6) is 0.816. The number of nitrogens with zero attached hydrogens (tertiary/aromatic N) is 1. The third-order valence-corrected chi connectivity index (χ3v) is 3.93. The predicted molar refractivity (Wildman–Crippen MR) is 88.8 cm³/mol. The molecule has 1 heterocycles. The first-order chi connectivity index (χ1) is 10.2. The first-order valence-corrected chi connectivity index (χ1v) is 7.62. The highest BCUT2D eigenvalue weighted by Gasteiger charge is 2.11. The molecule has 1 aromatic heterocycles. The molecule has 1 atom stereocenters. The molecule has 0 aliphatic rings. The normalized spacial score (nSPS) is 12.3. The van der Waals surface area contributed by atoms with Crippen molar-refractivity contribution in [2.24, 2.45) is 5.73 Å². The fraction of sp³-hybridized carbons (Fsp3) is 0.118. The van der Waals surface area contributed by atoms with Gasteiger partial charge in [0.25, 0.3) is 0 Å². The van der Waals surface area contributed by atoms with Crippen molar-refractivity contribution in [2.75, 3.05) is 0 Å². The number of hydrogen-bond acceptors (Lipinski definition) is 2. The summed E-state index contributed by atoms with van der Waals surface area (Å²) in [6.45, 7) is 0. The average Bonchev–Trinajstić information content (AvgIpc) is 2.99. The lowest BCUT2D eigenvalue weighted by molar-refractivity contribution is 0.678. The van der Waals surface area contributed by atoms with E-state index >= 15 is 0 Å². The minimum atomic E-state index is -0.128. The monoisotopic (exact) mass is 341 g/mol. The second-order valence-corrected chi connectivity index (χ2v) is 5.90. The molecule has 106 valence electrons. The summed E-state index contributed by atoms with van der Waals surface area (Å²) in [7, 11) is 0. The second kappa shape index (κ2) is 6.24. The molecule has 0 aliphatic carbocycles. The molecule has 3 rings (SSSR count). The Labute approximate surface area is 132 Å². The van der Waals surface area contributed by atoms with Crippen molar-refractivity contribution in [1.29, 1.82) is 0 Å². The quantitative estimate of drug-likeness (QED) is 0.751. The molecular formula is C17H16BrN3. The maximum absolute atomic E-state index is 6.24. The van der Waals surface area contributed by atoms with E-state index in [0.717, 1.165) is 28.0 Å². The fourth-order valence-corrected chi connectivity index (χ4v) is 2.53. The number of H-pyrrole nitrogens is 1. The summed E-state index contributed by atoms with van der Waals surface area (Å²) in [5, 5.41) is 0. The van der Waals surface area contributed by atoms with Gasteiger partial charge in [-0.25, -0.2) is 4.98 Å². The van der Waals surface area contributed by atoms with Gasteiger partial charge in [0.2, 0.25) is 0 Å². The highest BCUT2D eigenvalue weighted by Crippen LogP contribution is 2.22. The highest BCUT2D eigenvalue weighted by molar-refractivity contribution is 9.10. The van der Waals surface area contributed by atoms with E-state index in [9.17, 15) is 0 Å². The topological polar surface area (TPSA) is 54.7 Å². The molecule has 2 aromatic carbocycles. The van der Waals surface area contributed by atoms with E-state index in [2.05, 4.69) is 38.0 Å². The van der Waals surface area contributed by atoms with Gasteiger partial charge in [0.1, 0.15) is 5.82 Å². The van der Waals surface area contributed by atoms with E-state index in [0.29, 0.717) is 0 Å². The summed E-state index contributed by atoms with van der Waals surface area (Å²) in [6, 6.07) is 18.2. The summed E-state index contributed by atoms with van der Waals surface area (Å²) in [5.41, 5.74) is 9.54. The number of imidazole rings is 1. The van der Waals surface area contributed by atoms with Crippen LogP contribution in [0.5, 0.6) is 0 Å². The zero-order chi connectivity index (χ0) is 14.7. The minimum Gasteiger partial charge on any atom is -0.341 e. The van der Waals surface area contributed by atoms with Crippen LogP contribution in [0.15, 0.2) is 65.3 Å². The number of hydrogen-bond donors (Lipinski definition) is 2. The van der Waals surface area contributed by atoms with Crippen LogP contribution >= 0.6 is 15.9 Å². The third-order valence-electron chi connectivity index (χ3n) is 3.40. The van der Waals surface area contributed by atoms with Gasteiger partial charge in [0, 0.05) is 4.47 Å². The van der Waals surface area contributed by atoms with Gasteiger partial charge in [-0.1, -0.05) is 58.4 Å². The van der Waals surface area contributed by atoms with Gasteiger partial charge >= 0.3 is 0 Å². The Kier molecular flexibility index (Phi) is 4.18. The van der Waals surface area contributed by atoms with Crippen LogP contribution < -0.4 is 5.73 Å². The van der Waals surface area contributed by atoms with Gasteiger partial charge < -0.3 is 10.7 Å². The maximum atomic E-state index is 6.24. The Hall–Kier alpha value is -1.91. The number of halogens is 1. The lowest BCUT2D eigenvalue weighted by atomic mass is 10.1. The largest absolute Gasteiger partial charge is 0.341 e. The van der Waals surface area contributed by atoms with Gasteiger partial charge in [0.15, 0.2) is 0 Å². The van der Waals surface area contributed by atoms with Crippen molar-refractivity contribution in [1.82, 2.24) is 9.97 Å². The molecule has 1 unspecified atom stereocenters. The van der Waals surface area contributed by atoms with E-state index < -0.39 is 0 Å². The molecule has 21 heavy (non-hydrogen) atoms. The number of benzene rings is 2. The zero-order valence-corrected chi connectivity index (χ0v) is 13.0. The van der Waals surface area contributed by atoms with Crippen molar-refractivity contribution in [2.45, 2.75) is 12.5 Å². The van der Waals surface area contributed by atoms with E-state index in [1.54, 1.807) is 0 Å². The van der Waals surface area contributed by atoms with Gasteiger partial charge in [0.05, 0.1) is 17.9 Å². The van der Waals surface area contributed by atoms with Crippen molar-refractivity contribution < 1.29 is 0 Å². The van der Waals surface area contributed by atoms with Crippen molar-refractivity contribution in [3.05, 3.63) is 76.7 Å². The van der Waals surface area contributed by atoms with Crippen LogP contribution in [-0.2, 0) is 6.42 Å². The third kappa shape index (κ3) is 3.40.